The summed E-state index contributed by atoms with van der Waals surface area (Å²) in [4.78, 5) is 12.8. The summed E-state index contributed by atoms with van der Waals surface area (Å²) in [5, 5.41) is 53.8. The predicted octanol–water partition coefficient (Wildman–Crippen LogP) is 4.15. The molecule has 5 aliphatic carbocycles. The fourth-order valence-electron chi connectivity index (χ4n) is 10.8. The molecule has 4 fully saturated rings. The first-order valence-electron chi connectivity index (χ1n) is 14.1. The molecule has 0 radical (unpaired) electrons. The lowest BCUT2D eigenvalue weighted by atomic mass is 9.33. The van der Waals surface area contributed by atoms with Crippen LogP contribution in [0, 0.1) is 50.2 Å². The molecule has 0 aliphatic heterocycles. The van der Waals surface area contributed by atoms with E-state index in [2.05, 4.69) is 40.7 Å². The van der Waals surface area contributed by atoms with Crippen molar-refractivity contribution >= 4 is 5.97 Å². The van der Waals surface area contributed by atoms with Gasteiger partial charge in [0.15, 0.2) is 0 Å². The molecular weight excluding hydrogens is 456 g/mol. The van der Waals surface area contributed by atoms with Crippen LogP contribution in [0.1, 0.15) is 92.9 Å². The van der Waals surface area contributed by atoms with Crippen LogP contribution >= 0.6 is 0 Å². The van der Waals surface area contributed by atoms with E-state index >= 15 is 0 Å². The summed E-state index contributed by atoms with van der Waals surface area (Å²) in [6.45, 7) is 13.0. The number of rotatable bonds is 2. The molecule has 0 aromatic carbocycles. The van der Waals surface area contributed by atoms with E-state index in [4.69, 9.17) is 0 Å². The van der Waals surface area contributed by atoms with E-state index in [0.29, 0.717) is 25.7 Å². The van der Waals surface area contributed by atoms with Gasteiger partial charge < -0.3 is 25.5 Å². The standard InChI is InChI=1S/C30H48O6/c1-25(2)13-18-17-7-8-21-26(3)14-19(32)23(34)27(4,16-31)20(26)9-10-29(21,6)28(17,5)11-12-30(18,24(35)36)15-22(25)33/h7,18-23,31-34H,8-16H2,1-6H3,(H,35,36)/t18-,19+,20+,21+,22-,23-,26-,27-,28+,29+,30+/m0/s1. The zero-order valence-electron chi connectivity index (χ0n) is 23.0. The fraction of sp³-hybridized carbons (Fsp3) is 0.900. The molecule has 6 nitrogen and oxygen atoms in total. The summed E-state index contributed by atoms with van der Waals surface area (Å²) in [7, 11) is 0. The smallest absolute Gasteiger partial charge is 0.310 e. The summed E-state index contributed by atoms with van der Waals surface area (Å²) < 4.78 is 0. The van der Waals surface area contributed by atoms with Crippen molar-refractivity contribution in [1.29, 1.82) is 0 Å². The van der Waals surface area contributed by atoms with Gasteiger partial charge in [0.05, 0.1) is 30.3 Å². The first-order valence-corrected chi connectivity index (χ1v) is 14.1. The molecule has 0 saturated heterocycles. The molecule has 204 valence electrons. The highest BCUT2D eigenvalue weighted by Gasteiger charge is 2.71. The van der Waals surface area contributed by atoms with E-state index < -0.39 is 35.1 Å². The van der Waals surface area contributed by atoms with Crippen LogP contribution < -0.4 is 0 Å². The lowest BCUT2D eigenvalue weighted by Crippen LogP contribution is -2.68. The summed E-state index contributed by atoms with van der Waals surface area (Å²) in [5.41, 5.74) is -1.18. The Bertz CT molecular complexity index is 974. The van der Waals surface area contributed by atoms with Gasteiger partial charge in [-0.2, -0.15) is 0 Å². The van der Waals surface area contributed by atoms with Crippen LogP contribution in [0.15, 0.2) is 11.6 Å². The van der Waals surface area contributed by atoms with Crippen molar-refractivity contribution in [2.24, 2.45) is 50.2 Å². The Morgan fingerprint density at radius 1 is 0.944 bits per heavy atom. The zero-order chi connectivity index (χ0) is 26.7. The van der Waals surface area contributed by atoms with Gasteiger partial charge in [-0.25, -0.2) is 0 Å². The first-order chi connectivity index (χ1) is 16.5. The van der Waals surface area contributed by atoms with Gasteiger partial charge in [0.25, 0.3) is 0 Å². The summed E-state index contributed by atoms with van der Waals surface area (Å²) >= 11 is 0. The quantitative estimate of drug-likeness (QED) is 0.361. The molecule has 11 atom stereocenters. The van der Waals surface area contributed by atoms with Crippen LogP contribution in [0.5, 0.6) is 0 Å². The number of hydrogen-bond acceptors (Lipinski definition) is 5. The molecule has 6 heteroatoms. The largest absolute Gasteiger partial charge is 0.481 e. The van der Waals surface area contributed by atoms with Gasteiger partial charge in [-0.3, -0.25) is 4.79 Å². The maximum absolute atomic E-state index is 12.8. The van der Waals surface area contributed by atoms with Gasteiger partial charge in [-0.1, -0.05) is 53.2 Å². The van der Waals surface area contributed by atoms with E-state index in [1.807, 2.05) is 6.92 Å². The lowest BCUT2D eigenvalue weighted by Gasteiger charge is -2.71. The Morgan fingerprint density at radius 3 is 2.22 bits per heavy atom. The van der Waals surface area contributed by atoms with Crippen molar-refractivity contribution in [3.63, 3.8) is 0 Å². The van der Waals surface area contributed by atoms with Crippen LogP contribution in [0.4, 0.5) is 0 Å². The second-order valence-corrected chi connectivity index (χ2v) is 15.1. The Morgan fingerprint density at radius 2 is 1.61 bits per heavy atom. The Kier molecular flexibility index (Phi) is 5.77. The number of aliphatic hydroxyl groups is 4. The van der Waals surface area contributed by atoms with E-state index in [9.17, 15) is 30.3 Å². The third-order valence-corrected chi connectivity index (χ3v) is 13.3. The minimum atomic E-state index is -0.933. The maximum atomic E-state index is 12.8. The predicted molar refractivity (Wildman–Crippen MR) is 137 cm³/mol. The molecule has 0 aromatic rings. The average molecular weight is 505 g/mol. The first kappa shape index (κ1) is 26.6. The number of carboxylic acids is 1. The topological polar surface area (TPSA) is 118 Å². The second kappa shape index (κ2) is 7.80. The van der Waals surface area contributed by atoms with Crippen molar-refractivity contribution in [2.45, 2.75) is 111 Å². The Hall–Kier alpha value is -0.950. The number of hydrogen-bond donors (Lipinski definition) is 5. The molecule has 0 heterocycles. The highest BCUT2D eigenvalue weighted by molar-refractivity contribution is 5.77. The average Bonchev–Trinajstić information content (AvgIpc) is 2.79. The van der Waals surface area contributed by atoms with Gasteiger partial charge in [0, 0.05) is 5.41 Å². The molecule has 0 unspecified atom stereocenters. The van der Waals surface area contributed by atoms with E-state index in [1.165, 1.54) is 5.57 Å². The van der Waals surface area contributed by atoms with Crippen LogP contribution in [0.3, 0.4) is 0 Å². The number of carboxylic acid groups (broad SMARTS) is 1. The summed E-state index contributed by atoms with van der Waals surface area (Å²) in [6, 6.07) is 0. The normalized spacial score (nSPS) is 55.9. The van der Waals surface area contributed by atoms with Gasteiger partial charge in [0.1, 0.15) is 0 Å². The van der Waals surface area contributed by atoms with E-state index in [-0.39, 0.29) is 46.0 Å². The third-order valence-electron chi connectivity index (χ3n) is 13.3. The second-order valence-electron chi connectivity index (χ2n) is 15.1. The Balaban J connectivity index is 1.61. The number of carbonyl (C=O) groups is 1. The van der Waals surface area contributed by atoms with Gasteiger partial charge in [-0.05, 0) is 90.8 Å². The molecule has 5 N–H and O–H groups in total. The zero-order valence-corrected chi connectivity index (χ0v) is 23.0. The van der Waals surface area contributed by atoms with Crippen LogP contribution in [-0.4, -0.2) is 56.4 Å². The number of fused-ring (bicyclic) bond motifs is 7. The van der Waals surface area contributed by atoms with Crippen molar-refractivity contribution in [2.75, 3.05) is 6.61 Å². The molecule has 0 amide bonds. The summed E-state index contributed by atoms with van der Waals surface area (Å²) in [5.74, 6) is -0.478. The van der Waals surface area contributed by atoms with Crippen LogP contribution in [0.2, 0.25) is 0 Å². The maximum Gasteiger partial charge on any atom is 0.310 e. The van der Waals surface area contributed by atoms with Crippen molar-refractivity contribution in [1.82, 2.24) is 0 Å². The minimum absolute atomic E-state index is 0.0778. The molecule has 4 saturated carbocycles. The van der Waals surface area contributed by atoms with Crippen molar-refractivity contribution in [3.05, 3.63) is 11.6 Å². The van der Waals surface area contributed by atoms with Gasteiger partial charge >= 0.3 is 5.97 Å². The molecule has 0 aromatic heterocycles. The number of allylic oxidation sites excluding steroid dienone is 2. The lowest BCUT2D eigenvalue weighted by molar-refractivity contribution is -0.244. The number of aliphatic carboxylic acids is 1. The Labute approximate surface area is 216 Å². The third kappa shape index (κ3) is 3.02. The van der Waals surface area contributed by atoms with Gasteiger partial charge in [-0.15, -0.1) is 0 Å². The highest BCUT2D eigenvalue weighted by Crippen LogP contribution is 2.75. The van der Waals surface area contributed by atoms with Crippen LogP contribution in [0.25, 0.3) is 0 Å². The SMILES string of the molecule is CC1(C)C[C@H]2C3=CC[C@@H]4[C@@]5(C)C[C@@H](O)[C@H](O)[C@@](C)(CO)[C@@H]5CC[C@@]4(C)[C@]3(C)CC[C@@]2(C(=O)O)C[C@@H]1O. The van der Waals surface area contributed by atoms with E-state index in [1.54, 1.807) is 0 Å². The number of aliphatic hydroxyl groups excluding tert-OH is 4. The van der Waals surface area contributed by atoms with E-state index in [0.717, 1.165) is 25.7 Å². The molecule has 36 heavy (non-hydrogen) atoms. The molecular formula is C30H48O6. The monoisotopic (exact) mass is 504 g/mol. The minimum Gasteiger partial charge on any atom is -0.481 e. The molecule has 5 aliphatic rings. The highest BCUT2D eigenvalue weighted by atomic mass is 16.4. The fourth-order valence-corrected chi connectivity index (χ4v) is 10.8. The van der Waals surface area contributed by atoms with Crippen molar-refractivity contribution < 1.29 is 30.3 Å². The van der Waals surface area contributed by atoms with Crippen molar-refractivity contribution in [3.8, 4) is 0 Å². The van der Waals surface area contributed by atoms with Gasteiger partial charge in [0.2, 0.25) is 0 Å². The van der Waals surface area contributed by atoms with Crippen LogP contribution in [-0.2, 0) is 4.79 Å². The molecule has 5 rings (SSSR count). The molecule has 0 spiro atoms. The summed E-state index contributed by atoms with van der Waals surface area (Å²) in [6.07, 6.45) is 5.47. The molecule has 0 bridgehead atoms.